The van der Waals surface area contributed by atoms with Crippen molar-refractivity contribution in [1.29, 1.82) is 0 Å². The maximum atomic E-state index is 5.27. The van der Waals surface area contributed by atoms with Crippen molar-refractivity contribution in [1.82, 2.24) is 4.98 Å². The third-order valence-electron chi connectivity index (χ3n) is 2.13. The molecule has 0 unspecified atom stereocenters. The van der Waals surface area contributed by atoms with Crippen molar-refractivity contribution < 1.29 is 4.42 Å². The lowest BCUT2D eigenvalue weighted by atomic mass is 10.1. The average molecular weight is 187 g/mol. The molecule has 2 heteroatoms. The molecule has 0 spiro atoms. The van der Waals surface area contributed by atoms with Crippen LogP contribution in [0, 0.1) is 0 Å². The van der Waals surface area contributed by atoms with E-state index in [1.165, 1.54) is 5.56 Å². The molecule has 0 aliphatic rings. The van der Waals surface area contributed by atoms with E-state index in [-0.39, 0.29) is 0 Å². The summed E-state index contributed by atoms with van der Waals surface area (Å²) in [6, 6.07) is 10.3. The summed E-state index contributed by atoms with van der Waals surface area (Å²) >= 11 is 0. The number of rotatable bonds is 3. The fourth-order valence-corrected chi connectivity index (χ4v) is 1.40. The Morgan fingerprint density at radius 3 is 2.64 bits per heavy atom. The van der Waals surface area contributed by atoms with Gasteiger partial charge in [0, 0.05) is 12.8 Å². The number of benzene rings is 1. The van der Waals surface area contributed by atoms with Gasteiger partial charge in [-0.15, -0.1) is 0 Å². The molecule has 1 aromatic carbocycles. The number of aromatic nitrogens is 1. The Morgan fingerprint density at radius 2 is 2.00 bits per heavy atom. The molecule has 2 aromatic rings. The van der Waals surface area contributed by atoms with Gasteiger partial charge in [0.1, 0.15) is 6.26 Å². The molecular formula is C12H13NO. The molecule has 0 saturated heterocycles. The fourth-order valence-electron chi connectivity index (χ4n) is 1.40. The van der Waals surface area contributed by atoms with Crippen molar-refractivity contribution in [3.63, 3.8) is 0 Å². The number of aryl methyl sites for hydroxylation is 1. The van der Waals surface area contributed by atoms with Crippen LogP contribution in [0.15, 0.2) is 41.0 Å². The molecule has 0 atom stereocenters. The summed E-state index contributed by atoms with van der Waals surface area (Å²) in [7, 11) is 0. The maximum Gasteiger partial charge on any atom is 0.193 e. The summed E-state index contributed by atoms with van der Waals surface area (Å²) in [6.07, 6.45) is 3.45. The van der Waals surface area contributed by atoms with E-state index in [1.54, 1.807) is 6.26 Å². The Morgan fingerprint density at radius 1 is 1.21 bits per heavy atom. The molecule has 1 aromatic heterocycles. The standard InChI is InChI=1S/C12H13NO/c1-2-12-13-11(9-14-12)8-10-6-4-3-5-7-10/h3-7,9H,2,8H2,1H3. The number of hydrogen-bond acceptors (Lipinski definition) is 2. The molecule has 0 aliphatic carbocycles. The summed E-state index contributed by atoms with van der Waals surface area (Å²) < 4.78 is 5.27. The second-order valence-corrected chi connectivity index (χ2v) is 3.25. The Kier molecular flexibility index (Phi) is 2.63. The first-order chi connectivity index (χ1) is 6.88. The summed E-state index contributed by atoms with van der Waals surface area (Å²) in [6.45, 7) is 2.04. The van der Waals surface area contributed by atoms with Gasteiger partial charge >= 0.3 is 0 Å². The molecule has 72 valence electrons. The normalized spacial score (nSPS) is 10.4. The highest BCUT2D eigenvalue weighted by Gasteiger charge is 2.02. The van der Waals surface area contributed by atoms with Crippen LogP contribution in [0.1, 0.15) is 24.1 Å². The smallest absolute Gasteiger partial charge is 0.193 e. The van der Waals surface area contributed by atoms with Crippen LogP contribution >= 0.6 is 0 Å². The summed E-state index contributed by atoms with van der Waals surface area (Å²) in [5, 5.41) is 0. The van der Waals surface area contributed by atoms with Crippen LogP contribution in [0.25, 0.3) is 0 Å². The second kappa shape index (κ2) is 4.09. The highest BCUT2D eigenvalue weighted by molar-refractivity contribution is 5.20. The summed E-state index contributed by atoms with van der Waals surface area (Å²) in [5.41, 5.74) is 2.27. The average Bonchev–Trinajstić information content (AvgIpc) is 2.67. The fraction of sp³-hybridized carbons (Fsp3) is 0.250. The molecule has 0 amide bonds. The van der Waals surface area contributed by atoms with Crippen molar-refractivity contribution in [3.05, 3.63) is 53.7 Å². The molecule has 0 saturated carbocycles. The molecule has 0 fully saturated rings. The highest BCUT2D eigenvalue weighted by atomic mass is 16.3. The van der Waals surface area contributed by atoms with Crippen molar-refractivity contribution in [2.75, 3.05) is 0 Å². The van der Waals surface area contributed by atoms with Gasteiger partial charge in [0.05, 0.1) is 5.69 Å². The zero-order valence-electron chi connectivity index (χ0n) is 8.23. The molecule has 0 aliphatic heterocycles. The van der Waals surface area contributed by atoms with Gasteiger partial charge in [0.2, 0.25) is 0 Å². The minimum atomic E-state index is 0.816. The summed E-state index contributed by atoms with van der Waals surface area (Å²) in [5.74, 6) is 0.816. The van der Waals surface area contributed by atoms with Gasteiger partial charge in [0.25, 0.3) is 0 Å². The van der Waals surface area contributed by atoms with E-state index in [0.717, 1.165) is 24.4 Å². The molecule has 0 N–H and O–H groups in total. The quantitative estimate of drug-likeness (QED) is 0.738. The Bertz CT molecular complexity index is 392. The molecule has 2 nitrogen and oxygen atoms in total. The highest BCUT2D eigenvalue weighted by Crippen LogP contribution is 2.09. The number of nitrogens with zero attached hydrogens (tertiary/aromatic N) is 1. The topological polar surface area (TPSA) is 26.0 Å². The van der Waals surface area contributed by atoms with E-state index in [0.29, 0.717) is 0 Å². The van der Waals surface area contributed by atoms with Crippen LogP contribution in [0.2, 0.25) is 0 Å². The lowest BCUT2D eigenvalue weighted by molar-refractivity contribution is 0.501. The van der Waals surface area contributed by atoms with Gasteiger partial charge in [0.15, 0.2) is 5.89 Å². The Hall–Kier alpha value is -1.57. The van der Waals surface area contributed by atoms with E-state index in [2.05, 4.69) is 17.1 Å². The maximum absolute atomic E-state index is 5.27. The molecule has 0 bridgehead atoms. The van der Waals surface area contributed by atoms with Gasteiger partial charge in [-0.05, 0) is 5.56 Å². The van der Waals surface area contributed by atoms with E-state index in [9.17, 15) is 0 Å². The molecule has 0 radical (unpaired) electrons. The first kappa shape index (κ1) is 9.00. The first-order valence-corrected chi connectivity index (χ1v) is 4.85. The predicted molar refractivity (Wildman–Crippen MR) is 55.1 cm³/mol. The molecule has 14 heavy (non-hydrogen) atoms. The van der Waals surface area contributed by atoms with E-state index in [4.69, 9.17) is 4.42 Å². The largest absolute Gasteiger partial charge is 0.449 e. The van der Waals surface area contributed by atoms with Crippen LogP contribution in [0.3, 0.4) is 0 Å². The summed E-state index contributed by atoms with van der Waals surface area (Å²) in [4.78, 5) is 4.36. The van der Waals surface area contributed by atoms with Gasteiger partial charge in [-0.2, -0.15) is 0 Å². The SMILES string of the molecule is CCc1nc(Cc2ccccc2)co1. The third-order valence-corrected chi connectivity index (χ3v) is 2.13. The van der Waals surface area contributed by atoms with E-state index < -0.39 is 0 Å². The Labute approximate surface area is 83.6 Å². The second-order valence-electron chi connectivity index (χ2n) is 3.25. The number of oxazole rings is 1. The minimum absolute atomic E-state index is 0.816. The zero-order valence-corrected chi connectivity index (χ0v) is 8.23. The third kappa shape index (κ3) is 2.02. The van der Waals surface area contributed by atoms with Gasteiger partial charge in [-0.25, -0.2) is 4.98 Å². The van der Waals surface area contributed by atoms with Gasteiger partial charge in [-0.3, -0.25) is 0 Å². The van der Waals surface area contributed by atoms with Crippen LogP contribution in [-0.2, 0) is 12.8 Å². The minimum Gasteiger partial charge on any atom is -0.449 e. The van der Waals surface area contributed by atoms with E-state index in [1.807, 2.05) is 25.1 Å². The van der Waals surface area contributed by atoms with Crippen LogP contribution in [-0.4, -0.2) is 4.98 Å². The van der Waals surface area contributed by atoms with Gasteiger partial charge in [-0.1, -0.05) is 37.3 Å². The van der Waals surface area contributed by atoms with Crippen molar-refractivity contribution in [3.8, 4) is 0 Å². The predicted octanol–water partition coefficient (Wildman–Crippen LogP) is 2.83. The molecule has 2 rings (SSSR count). The lowest BCUT2D eigenvalue weighted by Crippen LogP contribution is -1.88. The molecular weight excluding hydrogens is 174 g/mol. The van der Waals surface area contributed by atoms with Crippen LogP contribution in [0.4, 0.5) is 0 Å². The lowest BCUT2D eigenvalue weighted by Gasteiger charge is -1.95. The van der Waals surface area contributed by atoms with Crippen molar-refractivity contribution in [2.24, 2.45) is 0 Å². The van der Waals surface area contributed by atoms with Gasteiger partial charge < -0.3 is 4.42 Å². The zero-order chi connectivity index (χ0) is 9.80. The van der Waals surface area contributed by atoms with E-state index >= 15 is 0 Å². The van der Waals surface area contributed by atoms with Crippen LogP contribution < -0.4 is 0 Å². The Balaban J connectivity index is 2.11. The molecule has 1 heterocycles. The van der Waals surface area contributed by atoms with Crippen molar-refractivity contribution >= 4 is 0 Å². The van der Waals surface area contributed by atoms with Crippen molar-refractivity contribution in [2.45, 2.75) is 19.8 Å². The first-order valence-electron chi connectivity index (χ1n) is 4.85. The monoisotopic (exact) mass is 187 g/mol. The number of hydrogen-bond donors (Lipinski definition) is 0. The van der Waals surface area contributed by atoms with Crippen LogP contribution in [0.5, 0.6) is 0 Å².